The van der Waals surface area contributed by atoms with Gasteiger partial charge in [-0.1, -0.05) is 11.6 Å². The number of nitrogens with zero attached hydrogens (tertiary/aromatic N) is 1. The van der Waals surface area contributed by atoms with Gasteiger partial charge in [0.05, 0.1) is 28.5 Å². The molecule has 0 aliphatic carbocycles. The van der Waals surface area contributed by atoms with Crippen molar-refractivity contribution in [1.82, 2.24) is 0 Å². The molecule has 0 saturated carbocycles. The number of rotatable bonds is 4. The summed E-state index contributed by atoms with van der Waals surface area (Å²) in [6.07, 6.45) is 0. The molecule has 0 radical (unpaired) electrons. The Hall–Kier alpha value is -0.890. The van der Waals surface area contributed by atoms with Crippen LogP contribution >= 0.6 is 11.6 Å². The maximum Gasteiger partial charge on any atom is 1.00 e. The number of nitro groups is 1. The van der Waals surface area contributed by atoms with Crippen LogP contribution in [0.15, 0.2) is 12.1 Å². The summed E-state index contributed by atoms with van der Waals surface area (Å²) in [6.45, 7) is -0.636. The molecule has 0 aliphatic rings. The molecule has 0 bridgehead atoms. The van der Waals surface area contributed by atoms with E-state index in [1.165, 1.54) is 0 Å². The van der Waals surface area contributed by atoms with Crippen LogP contribution in [0.2, 0.25) is 5.02 Å². The Bertz CT molecular complexity index is 457. The number of carboxylic acid groups (broad SMARTS) is 1. The van der Waals surface area contributed by atoms with E-state index in [1.54, 1.807) is 0 Å². The molecule has 1 N–H and O–H groups in total. The molecule has 86 valence electrons. The van der Waals surface area contributed by atoms with Gasteiger partial charge in [-0.15, -0.1) is 0 Å². The number of hydrogen-bond acceptors (Lipinski definition) is 5. The largest absolute Gasteiger partial charge is 1.00 e. The summed E-state index contributed by atoms with van der Waals surface area (Å²) < 4.78 is 12.9. The van der Waals surface area contributed by atoms with Crippen molar-refractivity contribution in [2.24, 2.45) is 0 Å². The molecule has 1 aromatic carbocycles. The van der Waals surface area contributed by atoms with Crippen LogP contribution in [0.5, 0.6) is 0 Å². The van der Waals surface area contributed by atoms with E-state index in [-0.39, 0.29) is 40.3 Å². The predicted octanol–water partition coefficient (Wildman–Crippen LogP) is -2.45. The van der Waals surface area contributed by atoms with Crippen LogP contribution in [0.3, 0.4) is 0 Å². The van der Waals surface area contributed by atoms with Crippen molar-refractivity contribution < 1.29 is 48.8 Å². The number of hydrogen-bond donors (Lipinski definition) is 1. The van der Waals surface area contributed by atoms with E-state index in [9.17, 15) is 24.4 Å². The van der Waals surface area contributed by atoms with E-state index in [2.05, 4.69) is 5.32 Å². The minimum Gasteiger partial charge on any atom is -0.548 e. The van der Waals surface area contributed by atoms with Gasteiger partial charge < -0.3 is 15.2 Å². The van der Waals surface area contributed by atoms with E-state index < -0.39 is 28.9 Å². The fourth-order valence-corrected chi connectivity index (χ4v) is 1.16. The molecule has 0 heterocycles. The summed E-state index contributed by atoms with van der Waals surface area (Å²) in [5.74, 6) is -2.40. The predicted molar refractivity (Wildman–Crippen MR) is 51.6 cm³/mol. The van der Waals surface area contributed by atoms with Crippen molar-refractivity contribution in [3.05, 3.63) is 33.1 Å². The van der Waals surface area contributed by atoms with Crippen molar-refractivity contribution in [3.63, 3.8) is 0 Å². The van der Waals surface area contributed by atoms with Gasteiger partial charge in [0.25, 0.3) is 5.69 Å². The van der Waals surface area contributed by atoms with Crippen molar-refractivity contribution in [2.45, 2.75) is 0 Å². The number of halogens is 2. The Morgan fingerprint density at radius 1 is 1.53 bits per heavy atom. The van der Waals surface area contributed by atoms with E-state index >= 15 is 0 Å². The first-order valence-electron chi connectivity index (χ1n) is 3.99. The number of carbonyl (C=O) groups is 1. The second-order valence-corrected chi connectivity index (χ2v) is 3.17. The quantitative estimate of drug-likeness (QED) is 0.372. The molecule has 0 unspecified atom stereocenters. The molecule has 17 heavy (non-hydrogen) atoms. The van der Waals surface area contributed by atoms with E-state index in [0.717, 1.165) is 6.07 Å². The minimum absolute atomic E-state index is 0. The summed E-state index contributed by atoms with van der Waals surface area (Å²) in [5, 5.41) is 22.5. The Balaban J connectivity index is 0.00000256. The fourth-order valence-electron chi connectivity index (χ4n) is 0.996. The summed E-state index contributed by atoms with van der Waals surface area (Å²) >= 11 is 5.41. The van der Waals surface area contributed by atoms with Crippen molar-refractivity contribution >= 4 is 28.9 Å². The Kier molecular flexibility index (Phi) is 6.40. The van der Waals surface area contributed by atoms with Gasteiger partial charge in [0.2, 0.25) is 0 Å². The molecule has 0 spiro atoms. The number of anilines is 1. The fraction of sp³-hybridized carbons (Fsp3) is 0.125. The molecule has 0 aliphatic heterocycles. The SMILES string of the molecule is O=C([O-])CNc1cc(Cl)c(F)cc1[N+](=O)[O-].[Na+]. The van der Waals surface area contributed by atoms with E-state index in [1.807, 2.05) is 0 Å². The summed E-state index contributed by atoms with van der Waals surface area (Å²) in [5.41, 5.74) is -0.774. The van der Waals surface area contributed by atoms with Crippen LogP contribution in [0.4, 0.5) is 15.8 Å². The first-order chi connectivity index (χ1) is 7.41. The average Bonchev–Trinajstić information content (AvgIpc) is 2.18. The van der Waals surface area contributed by atoms with Crippen LogP contribution in [-0.2, 0) is 4.79 Å². The summed E-state index contributed by atoms with van der Waals surface area (Å²) in [6, 6.07) is 1.55. The Morgan fingerprint density at radius 2 is 2.12 bits per heavy atom. The normalized spacial score (nSPS) is 9.29. The molecule has 6 nitrogen and oxygen atoms in total. The third-order valence-corrected chi connectivity index (χ3v) is 1.95. The van der Waals surface area contributed by atoms with Crippen LogP contribution in [0, 0.1) is 15.9 Å². The molecule has 1 rings (SSSR count). The molecular weight excluding hydrogens is 266 g/mol. The molecule has 1 aromatic rings. The molecule has 0 fully saturated rings. The van der Waals surface area contributed by atoms with E-state index in [0.29, 0.717) is 6.07 Å². The topological polar surface area (TPSA) is 95.3 Å². The van der Waals surface area contributed by atoms with Crippen molar-refractivity contribution in [1.29, 1.82) is 0 Å². The van der Waals surface area contributed by atoms with Gasteiger partial charge in [-0.25, -0.2) is 4.39 Å². The van der Waals surface area contributed by atoms with Gasteiger partial charge in [-0.05, 0) is 6.07 Å². The molecule has 0 aromatic heterocycles. The zero-order chi connectivity index (χ0) is 12.3. The van der Waals surface area contributed by atoms with Crippen LogP contribution in [-0.4, -0.2) is 17.4 Å². The smallest absolute Gasteiger partial charge is 0.548 e. The molecule has 0 atom stereocenters. The maximum absolute atomic E-state index is 12.9. The average molecular weight is 271 g/mol. The van der Waals surface area contributed by atoms with Crippen LogP contribution in [0.1, 0.15) is 0 Å². The third-order valence-electron chi connectivity index (χ3n) is 1.66. The summed E-state index contributed by atoms with van der Waals surface area (Å²) in [4.78, 5) is 19.8. The second-order valence-electron chi connectivity index (χ2n) is 2.77. The van der Waals surface area contributed by atoms with Gasteiger partial charge >= 0.3 is 29.6 Å². The Labute approximate surface area is 122 Å². The van der Waals surface area contributed by atoms with Gasteiger partial charge in [-0.3, -0.25) is 10.1 Å². The number of carboxylic acids is 1. The zero-order valence-corrected chi connectivity index (χ0v) is 11.5. The zero-order valence-electron chi connectivity index (χ0n) is 8.70. The van der Waals surface area contributed by atoms with Crippen molar-refractivity contribution in [3.8, 4) is 0 Å². The van der Waals surface area contributed by atoms with Crippen LogP contribution in [0.25, 0.3) is 0 Å². The second kappa shape index (κ2) is 6.75. The molecule has 0 amide bonds. The number of benzene rings is 1. The monoisotopic (exact) mass is 270 g/mol. The Morgan fingerprint density at radius 3 is 2.59 bits per heavy atom. The number of nitro benzene ring substituents is 1. The minimum atomic E-state index is -1.45. The molecule has 0 saturated heterocycles. The van der Waals surface area contributed by atoms with Gasteiger partial charge in [0, 0.05) is 0 Å². The first-order valence-corrected chi connectivity index (χ1v) is 4.36. The molecule has 9 heteroatoms. The number of aliphatic carboxylic acids is 1. The van der Waals surface area contributed by atoms with Gasteiger partial charge in [0.15, 0.2) is 0 Å². The third kappa shape index (κ3) is 4.47. The number of nitrogens with one attached hydrogen (secondary N) is 1. The standard InChI is InChI=1S/C8H6ClFN2O4.Na/c9-4-1-6(11-3-8(13)14)7(12(15)16)2-5(4)10;/h1-2,11H,3H2,(H,13,14);/q;+1/p-1. The molecular formula is C8H5ClFN2NaO4. The van der Waals surface area contributed by atoms with Crippen molar-refractivity contribution in [2.75, 3.05) is 11.9 Å². The van der Waals surface area contributed by atoms with E-state index in [4.69, 9.17) is 11.6 Å². The first kappa shape index (κ1) is 16.1. The van der Waals surface area contributed by atoms with Gasteiger partial charge in [0.1, 0.15) is 11.5 Å². The maximum atomic E-state index is 12.9. The van der Waals surface area contributed by atoms with Gasteiger partial charge in [-0.2, -0.15) is 0 Å². The summed E-state index contributed by atoms with van der Waals surface area (Å²) in [7, 11) is 0. The van der Waals surface area contributed by atoms with Crippen LogP contribution < -0.4 is 40.0 Å². The number of carbonyl (C=O) groups excluding carboxylic acids is 1.